The summed E-state index contributed by atoms with van der Waals surface area (Å²) in [5.74, 6) is -0.617. The molecule has 0 radical (unpaired) electrons. The second-order valence-corrected chi connectivity index (χ2v) is 13.4. The molecular formula is C40H38N4O8S2. The van der Waals surface area contributed by atoms with Crippen LogP contribution in [-0.4, -0.2) is 56.6 Å². The Hall–Kier alpha value is -6.12. The molecule has 0 aliphatic rings. The largest absolute Gasteiger partial charge is 0.493 e. The number of hydrogen-bond donors (Lipinski definition) is 3. The lowest BCUT2D eigenvalue weighted by Crippen LogP contribution is -2.30. The van der Waals surface area contributed by atoms with Gasteiger partial charge in [-0.3, -0.25) is 19.2 Å². The predicted octanol–water partition coefficient (Wildman–Crippen LogP) is 7.16. The first-order valence-corrected chi connectivity index (χ1v) is 18.4. The number of rotatable bonds is 16. The number of anilines is 2. The number of methoxy groups -OCH3 is 3. The van der Waals surface area contributed by atoms with E-state index in [2.05, 4.69) is 20.9 Å². The average molecular weight is 767 g/mol. The molecule has 0 aliphatic carbocycles. The second kappa shape index (κ2) is 19.1. The van der Waals surface area contributed by atoms with Gasteiger partial charge in [0.2, 0.25) is 11.7 Å². The summed E-state index contributed by atoms with van der Waals surface area (Å²) in [6.07, 6.45) is 1.53. The minimum absolute atomic E-state index is 0.0155. The van der Waals surface area contributed by atoms with Crippen molar-refractivity contribution < 1.29 is 38.1 Å². The van der Waals surface area contributed by atoms with E-state index >= 15 is 0 Å². The number of carbonyl (C=O) groups excluding carboxylic acids is 4. The van der Waals surface area contributed by atoms with E-state index in [0.717, 1.165) is 10.5 Å². The fraction of sp³-hybridized carbons (Fsp3) is 0.175. The Kier molecular flexibility index (Phi) is 13.8. The van der Waals surface area contributed by atoms with E-state index < -0.39 is 17.1 Å². The van der Waals surface area contributed by atoms with Crippen molar-refractivity contribution >= 4 is 63.7 Å². The van der Waals surface area contributed by atoms with Crippen molar-refractivity contribution in [2.24, 2.45) is 0 Å². The zero-order chi connectivity index (χ0) is 38.5. The number of carbonyl (C=O) groups is 4. The number of aromatic nitrogens is 1. The van der Waals surface area contributed by atoms with Crippen molar-refractivity contribution in [3.63, 3.8) is 0 Å². The minimum atomic E-state index is -0.648. The molecule has 5 aromatic rings. The molecule has 0 aliphatic heterocycles. The van der Waals surface area contributed by atoms with Crippen molar-refractivity contribution in [3.8, 4) is 17.2 Å². The van der Waals surface area contributed by atoms with E-state index in [1.165, 1.54) is 50.5 Å². The van der Waals surface area contributed by atoms with Crippen molar-refractivity contribution in [2.45, 2.75) is 23.5 Å². The topological polar surface area (TPSA) is 154 Å². The molecule has 0 bridgehead atoms. The molecule has 54 heavy (non-hydrogen) atoms. The molecular weight excluding hydrogens is 729 g/mol. The summed E-state index contributed by atoms with van der Waals surface area (Å²) in [6.45, 7) is 2.01. The Morgan fingerprint density at radius 1 is 0.833 bits per heavy atom. The quantitative estimate of drug-likeness (QED) is 0.0536. The van der Waals surface area contributed by atoms with Gasteiger partial charge >= 0.3 is 5.97 Å². The van der Waals surface area contributed by atoms with Crippen molar-refractivity contribution in [2.75, 3.05) is 38.6 Å². The summed E-state index contributed by atoms with van der Waals surface area (Å²) < 4.78 is 21.4. The van der Waals surface area contributed by atoms with E-state index in [-0.39, 0.29) is 30.6 Å². The number of thiazole rings is 1. The van der Waals surface area contributed by atoms with E-state index in [1.807, 2.05) is 30.3 Å². The summed E-state index contributed by atoms with van der Waals surface area (Å²) in [5.41, 5.74) is 2.57. The molecule has 1 atom stereocenters. The zero-order valence-corrected chi connectivity index (χ0v) is 31.5. The van der Waals surface area contributed by atoms with Gasteiger partial charge in [-0.05, 0) is 72.7 Å². The lowest BCUT2D eigenvalue weighted by molar-refractivity contribution is -0.142. The van der Waals surface area contributed by atoms with Crippen LogP contribution in [0.15, 0.2) is 113 Å². The van der Waals surface area contributed by atoms with Gasteiger partial charge in [0.15, 0.2) is 16.6 Å². The van der Waals surface area contributed by atoms with Crippen LogP contribution in [0.25, 0.3) is 6.08 Å². The molecule has 1 aromatic heterocycles. The van der Waals surface area contributed by atoms with Crippen LogP contribution in [0.5, 0.6) is 17.2 Å². The Balaban J connectivity index is 1.35. The van der Waals surface area contributed by atoms with Gasteiger partial charge in [-0.1, -0.05) is 48.5 Å². The summed E-state index contributed by atoms with van der Waals surface area (Å²) in [5, 5.41) is 9.90. The maximum Gasteiger partial charge on any atom is 0.311 e. The smallest absolute Gasteiger partial charge is 0.311 e. The van der Waals surface area contributed by atoms with Gasteiger partial charge in [0, 0.05) is 21.5 Å². The van der Waals surface area contributed by atoms with E-state index in [4.69, 9.17) is 18.9 Å². The number of ether oxygens (including phenoxy) is 4. The molecule has 12 nitrogen and oxygen atoms in total. The molecule has 0 spiro atoms. The number of hydrogen-bond acceptors (Lipinski definition) is 11. The minimum Gasteiger partial charge on any atom is -0.493 e. The molecule has 278 valence electrons. The predicted molar refractivity (Wildman–Crippen MR) is 209 cm³/mol. The van der Waals surface area contributed by atoms with Crippen LogP contribution >= 0.6 is 23.1 Å². The number of thioether (sulfide) groups is 1. The van der Waals surface area contributed by atoms with Crippen molar-refractivity contribution in [1.82, 2.24) is 10.3 Å². The highest BCUT2D eigenvalue weighted by Crippen LogP contribution is 2.39. The number of nitrogens with one attached hydrogen (secondary N) is 3. The fourth-order valence-electron chi connectivity index (χ4n) is 5.12. The summed E-state index contributed by atoms with van der Waals surface area (Å²) in [6, 6.07) is 28.2. The van der Waals surface area contributed by atoms with Crippen LogP contribution in [0.2, 0.25) is 0 Å². The molecule has 14 heteroatoms. The van der Waals surface area contributed by atoms with Crippen LogP contribution in [-0.2, 0) is 25.5 Å². The number of amides is 3. The third kappa shape index (κ3) is 10.5. The van der Waals surface area contributed by atoms with Crippen LogP contribution < -0.4 is 30.2 Å². The number of benzene rings is 4. The standard InChI is InChI=1S/C40H38N4O8S2/c1-5-52-34(45)23-29-24-53-40(42-29)44-39(48)36(26-12-8-6-9-13-26)54-30-18-16-28(17-19-30)41-38(47)31(43-37(46)27-14-10-7-11-15-27)20-25-21-32(49-2)35(51-4)33(22-25)50-3/h6-22,24,36H,5,23H2,1-4H3,(H,41,47)(H,43,46)(H,42,44,48)/b31-20-. The molecule has 5 rings (SSSR count). The lowest BCUT2D eigenvalue weighted by atomic mass is 10.1. The van der Waals surface area contributed by atoms with Gasteiger partial charge in [-0.15, -0.1) is 23.1 Å². The summed E-state index contributed by atoms with van der Waals surface area (Å²) in [7, 11) is 4.46. The average Bonchev–Trinajstić information content (AvgIpc) is 3.63. The first-order valence-electron chi connectivity index (χ1n) is 16.6. The van der Waals surface area contributed by atoms with E-state index in [1.54, 1.807) is 79.0 Å². The van der Waals surface area contributed by atoms with Gasteiger partial charge in [0.05, 0.1) is 40.1 Å². The monoisotopic (exact) mass is 766 g/mol. The van der Waals surface area contributed by atoms with Gasteiger partial charge in [0.1, 0.15) is 10.9 Å². The zero-order valence-electron chi connectivity index (χ0n) is 29.9. The molecule has 4 aromatic carbocycles. The first kappa shape index (κ1) is 39.1. The normalized spacial score (nSPS) is 11.5. The molecule has 0 fully saturated rings. The maximum atomic E-state index is 13.7. The highest BCUT2D eigenvalue weighted by molar-refractivity contribution is 8.00. The van der Waals surface area contributed by atoms with Crippen LogP contribution in [0.3, 0.4) is 0 Å². The molecule has 0 saturated carbocycles. The van der Waals surface area contributed by atoms with Gasteiger partial charge < -0.3 is 34.9 Å². The second-order valence-electron chi connectivity index (χ2n) is 11.3. The molecule has 1 heterocycles. The Bertz CT molecular complexity index is 2080. The Morgan fingerprint density at radius 2 is 1.48 bits per heavy atom. The molecule has 3 N–H and O–H groups in total. The van der Waals surface area contributed by atoms with Crippen LogP contribution in [0, 0.1) is 0 Å². The van der Waals surface area contributed by atoms with Gasteiger partial charge in [0.25, 0.3) is 11.8 Å². The Morgan fingerprint density at radius 3 is 2.09 bits per heavy atom. The SMILES string of the molecule is CCOC(=O)Cc1csc(NC(=O)C(Sc2ccc(NC(=O)/C(=C/c3cc(OC)c(OC)c(OC)c3)NC(=O)c3ccccc3)cc2)c2ccccc2)n1. The number of nitrogens with zero attached hydrogens (tertiary/aromatic N) is 1. The van der Waals surface area contributed by atoms with Crippen LogP contribution in [0.1, 0.15) is 39.4 Å². The van der Waals surface area contributed by atoms with Gasteiger partial charge in [-0.2, -0.15) is 0 Å². The highest BCUT2D eigenvalue weighted by atomic mass is 32.2. The van der Waals surface area contributed by atoms with Gasteiger partial charge in [-0.25, -0.2) is 4.98 Å². The fourth-order valence-corrected chi connectivity index (χ4v) is 6.86. The third-order valence-corrected chi connectivity index (χ3v) is 9.72. The highest BCUT2D eigenvalue weighted by Gasteiger charge is 2.24. The van der Waals surface area contributed by atoms with Crippen molar-refractivity contribution in [1.29, 1.82) is 0 Å². The van der Waals surface area contributed by atoms with Crippen molar-refractivity contribution in [3.05, 3.63) is 131 Å². The first-order chi connectivity index (χ1) is 26.2. The van der Waals surface area contributed by atoms with E-state index in [9.17, 15) is 19.2 Å². The summed E-state index contributed by atoms with van der Waals surface area (Å²) in [4.78, 5) is 57.6. The number of esters is 1. The third-order valence-electron chi connectivity index (χ3n) is 7.65. The summed E-state index contributed by atoms with van der Waals surface area (Å²) >= 11 is 2.55. The van der Waals surface area contributed by atoms with Crippen LogP contribution in [0.4, 0.5) is 10.8 Å². The molecule has 1 unspecified atom stereocenters. The lowest BCUT2D eigenvalue weighted by Gasteiger charge is -2.17. The Labute approximate surface area is 320 Å². The molecule has 3 amide bonds. The van der Waals surface area contributed by atoms with E-state index in [0.29, 0.717) is 44.9 Å². The maximum absolute atomic E-state index is 13.7. The molecule has 0 saturated heterocycles.